The van der Waals surface area contributed by atoms with Crippen molar-refractivity contribution in [3.05, 3.63) is 43.0 Å². The largest absolute Gasteiger partial charge is 0.352 e. The van der Waals surface area contributed by atoms with Crippen molar-refractivity contribution in [2.45, 2.75) is 6.04 Å². The molecular weight excluding hydrogens is 330 g/mol. The third kappa shape index (κ3) is 2.29. The molecule has 2 aliphatic rings. The molecule has 0 saturated carbocycles. The lowest BCUT2D eigenvalue weighted by Gasteiger charge is -2.40. The highest BCUT2D eigenvalue weighted by Crippen LogP contribution is 2.31. The first-order chi connectivity index (χ1) is 12.7. The lowest BCUT2D eigenvalue weighted by atomic mass is 10.1. The number of hydrogen-bond acceptors (Lipinski definition) is 5. The monoisotopic (exact) mass is 349 g/mol. The summed E-state index contributed by atoms with van der Waals surface area (Å²) in [5.74, 6) is 0.968. The summed E-state index contributed by atoms with van der Waals surface area (Å²) in [5.41, 5.74) is 1.82. The van der Waals surface area contributed by atoms with Crippen LogP contribution in [0.3, 0.4) is 0 Å². The molecule has 5 rings (SSSR count). The molecule has 132 valence electrons. The molecule has 0 unspecified atom stereocenters. The van der Waals surface area contributed by atoms with E-state index in [2.05, 4.69) is 26.0 Å². The number of benzene rings is 1. The summed E-state index contributed by atoms with van der Waals surface area (Å²) >= 11 is 0. The highest BCUT2D eigenvalue weighted by Gasteiger charge is 2.32. The van der Waals surface area contributed by atoms with E-state index in [0.29, 0.717) is 6.54 Å². The molecule has 0 atom stereocenters. The molecule has 0 N–H and O–H groups in total. The molecule has 2 saturated heterocycles. The molecule has 26 heavy (non-hydrogen) atoms. The highest BCUT2D eigenvalue weighted by atomic mass is 16.2. The minimum Gasteiger partial charge on any atom is -0.352 e. The second-order valence-corrected chi connectivity index (χ2v) is 6.81. The van der Waals surface area contributed by atoms with Crippen LogP contribution in [0.1, 0.15) is 6.04 Å². The maximum Gasteiger partial charge on any atom is 0.324 e. The summed E-state index contributed by atoms with van der Waals surface area (Å²) in [6, 6.07) is 8.37. The maximum absolute atomic E-state index is 12.1. The molecule has 8 heteroatoms. The minimum absolute atomic E-state index is 0.0345. The highest BCUT2D eigenvalue weighted by molar-refractivity contribution is 5.93. The molecular formula is C18H19N7O. The zero-order valence-corrected chi connectivity index (χ0v) is 14.5. The molecule has 3 aromatic rings. The predicted octanol–water partition coefficient (Wildman–Crippen LogP) is 1.76. The Bertz CT molecular complexity index is 973. The summed E-state index contributed by atoms with van der Waals surface area (Å²) in [6.45, 7) is 3.15. The summed E-state index contributed by atoms with van der Waals surface area (Å²) in [5, 5.41) is 5.55. The van der Waals surface area contributed by atoms with Gasteiger partial charge in [0, 0.05) is 44.8 Å². The minimum atomic E-state index is 0.0345. The fourth-order valence-electron chi connectivity index (χ4n) is 3.59. The van der Waals surface area contributed by atoms with Crippen molar-refractivity contribution in [3.63, 3.8) is 0 Å². The van der Waals surface area contributed by atoms with Crippen molar-refractivity contribution < 1.29 is 4.79 Å². The van der Waals surface area contributed by atoms with E-state index in [1.165, 1.54) is 0 Å². The molecule has 1 aromatic carbocycles. The Kier molecular flexibility index (Phi) is 3.31. The Balaban J connectivity index is 1.32. The summed E-state index contributed by atoms with van der Waals surface area (Å²) in [4.78, 5) is 26.7. The summed E-state index contributed by atoms with van der Waals surface area (Å²) in [7, 11) is 1.82. The summed E-state index contributed by atoms with van der Waals surface area (Å²) < 4.78 is 1.96. The van der Waals surface area contributed by atoms with Gasteiger partial charge in [-0.2, -0.15) is 5.10 Å². The Morgan fingerprint density at radius 2 is 1.96 bits per heavy atom. The van der Waals surface area contributed by atoms with Crippen LogP contribution in [0.25, 0.3) is 10.9 Å². The number of nitrogens with zero attached hydrogens (tertiary/aromatic N) is 7. The van der Waals surface area contributed by atoms with Gasteiger partial charge in [-0.15, -0.1) is 0 Å². The topological polar surface area (TPSA) is 70.4 Å². The number of carbonyl (C=O) groups is 1. The van der Waals surface area contributed by atoms with Crippen molar-refractivity contribution in [2.24, 2.45) is 0 Å². The Labute approximate surface area is 150 Å². The van der Waals surface area contributed by atoms with Gasteiger partial charge in [-0.1, -0.05) is 12.1 Å². The average molecular weight is 349 g/mol. The number of fused-ring (bicyclic) bond motifs is 1. The number of likely N-dealkylation sites (N-methyl/N-ethyl adjacent to an activating group) is 1. The van der Waals surface area contributed by atoms with E-state index < -0.39 is 0 Å². The predicted molar refractivity (Wildman–Crippen MR) is 98.4 cm³/mol. The number of para-hydroxylation sites is 1. The smallest absolute Gasteiger partial charge is 0.324 e. The number of anilines is 2. The van der Waals surface area contributed by atoms with E-state index in [4.69, 9.17) is 0 Å². The number of aromatic nitrogens is 4. The Morgan fingerprint density at radius 1 is 1.12 bits per heavy atom. The first-order valence-electron chi connectivity index (χ1n) is 8.72. The van der Waals surface area contributed by atoms with Crippen LogP contribution in [-0.2, 0) is 0 Å². The molecule has 0 bridgehead atoms. The fraction of sp³-hybridized carbons (Fsp3) is 0.333. The van der Waals surface area contributed by atoms with Gasteiger partial charge >= 0.3 is 6.03 Å². The molecule has 2 aromatic heterocycles. The first kappa shape index (κ1) is 15.1. The van der Waals surface area contributed by atoms with Crippen LogP contribution in [0.5, 0.6) is 0 Å². The average Bonchev–Trinajstić information content (AvgIpc) is 3.22. The third-order valence-electron chi connectivity index (χ3n) is 5.17. The third-order valence-corrected chi connectivity index (χ3v) is 5.17. The molecule has 2 fully saturated rings. The molecule has 0 spiro atoms. The van der Waals surface area contributed by atoms with Gasteiger partial charge in [-0.25, -0.2) is 14.8 Å². The number of hydrogen-bond donors (Lipinski definition) is 0. The van der Waals surface area contributed by atoms with Crippen LogP contribution in [-0.4, -0.2) is 63.9 Å². The van der Waals surface area contributed by atoms with E-state index in [1.54, 1.807) is 22.3 Å². The van der Waals surface area contributed by atoms with E-state index in [9.17, 15) is 4.79 Å². The Morgan fingerprint density at radius 3 is 2.77 bits per heavy atom. The van der Waals surface area contributed by atoms with Crippen molar-refractivity contribution >= 4 is 28.4 Å². The zero-order valence-electron chi connectivity index (χ0n) is 14.5. The molecule has 4 heterocycles. The standard InChI is InChI=1S/C18H19N7O/c1-22-6-7-24(18(22)26)13-8-21-25(11-13)14-9-23(10-14)17-15-4-2-3-5-16(15)19-12-20-17/h2-5,8,11-12,14H,6-7,9-10H2,1H3. The van der Waals surface area contributed by atoms with Gasteiger partial charge in [-0.05, 0) is 12.1 Å². The normalized spacial score (nSPS) is 18.0. The fourth-order valence-corrected chi connectivity index (χ4v) is 3.59. The van der Waals surface area contributed by atoms with E-state index in [1.807, 2.05) is 36.1 Å². The van der Waals surface area contributed by atoms with E-state index in [0.717, 1.165) is 42.0 Å². The molecule has 2 amide bonds. The van der Waals surface area contributed by atoms with Gasteiger partial charge in [0.25, 0.3) is 0 Å². The van der Waals surface area contributed by atoms with E-state index >= 15 is 0 Å². The number of amides is 2. The molecule has 8 nitrogen and oxygen atoms in total. The van der Waals surface area contributed by atoms with Crippen LogP contribution in [0, 0.1) is 0 Å². The van der Waals surface area contributed by atoms with Crippen molar-refractivity contribution in [2.75, 3.05) is 43.0 Å². The van der Waals surface area contributed by atoms with Crippen LogP contribution >= 0.6 is 0 Å². The van der Waals surface area contributed by atoms with Crippen LogP contribution in [0.4, 0.5) is 16.3 Å². The second-order valence-electron chi connectivity index (χ2n) is 6.81. The van der Waals surface area contributed by atoms with Crippen molar-refractivity contribution in [3.8, 4) is 0 Å². The van der Waals surface area contributed by atoms with Gasteiger partial charge < -0.3 is 9.80 Å². The number of rotatable bonds is 3. The van der Waals surface area contributed by atoms with Crippen molar-refractivity contribution in [1.82, 2.24) is 24.6 Å². The quantitative estimate of drug-likeness (QED) is 0.721. The van der Waals surface area contributed by atoms with Gasteiger partial charge in [0.1, 0.15) is 12.1 Å². The number of carbonyl (C=O) groups excluding carboxylic acids is 1. The maximum atomic E-state index is 12.1. The Hall–Kier alpha value is -3.16. The van der Waals surface area contributed by atoms with E-state index in [-0.39, 0.29) is 12.1 Å². The first-order valence-corrected chi connectivity index (χ1v) is 8.72. The zero-order chi connectivity index (χ0) is 17.7. The van der Waals surface area contributed by atoms with Crippen LogP contribution < -0.4 is 9.80 Å². The lowest BCUT2D eigenvalue weighted by molar-refractivity contribution is 0.229. The molecule has 0 radical (unpaired) electrons. The van der Waals surface area contributed by atoms with Crippen LogP contribution in [0.15, 0.2) is 43.0 Å². The van der Waals surface area contributed by atoms with Gasteiger partial charge in [0.2, 0.25) is 0 Å². The second kappa shape index (κ2) is 5.69. The lowest BCUT2D eigenvalue weighted by Crippen LogP contribution is -2.48. The van der Waals surface area contributed by atoms with Crippen molar-refractivity contribution in [1.29, 1.82) is 0 Å². The summed E-state index contributed by atoms with van der Waals surface area (Å²) in [6.07, 6.45) is 5.36. The molecule has 0 aliphatic carbocycles. The molecule has 2 aliphatic heterocycles. The SMILES string of the molecule is CN1CCN(c2cnn(C3CN(c4ncnc5ccccc45)C3)c2)C1=O. The van der Waals surface area contributed by atoms with Gasteiger partial charge in [0.15, 0.2) is 0 Å². The van der Waals surface area contributed by atoms with Crippen LogP contribution in [0.2, 0.25) is 0 Å². The van der Waals surface area contributed by atoms with Gasteiger partial charge in [0.05, 0.1) is 23.4 Å². The number of urea groups is 1. The van der Waals surface area contributed by atoms with Gasteiger partial charge in [-0.3, -0.25) is 9.58 Å².